The number of nitrogens with one attached hydrogen (secondary N) is 1. The van der Waals surface area contributed by atoms with Gasteiger partial charge in [0.05, 0.1) is 5.69 Å². The van der Waals surface area contributed by atoms with E-state index < -0.39 is 0 Å². The first-order chi connectivity index (χ1) is 5.68. The summed E-state index contributed by atoms with van der Waals surface area (Å²) in [6, 6.07) is 4.04. The molecule has 0 saturated heterocycles. The largest absolute Gasteiger partial charge is 0.321 e. The SMILES string of the molecule is O=C1Nc2cc(F)ccc2C1=S. The second-order valence-corrected chi connectivity index (χ2v) is 2.88. The molecular weight excluding hydrogens is 177 g/mol. The van der Waals surface area contributed by atoms with E-state index >= 15 is 0 Å². The molecule has 1 aromatic carbocycles. The molecule has 1 N–H and O–H groups in total. The van der Waals surface area contributed by atoms with E-state index in [2.05, 4.69) is 5.32 Å². The quantitative estimate of drug-likeness (QED) is 0.614. The number of amides is 1. The molecule has 0 unspecified atom stereocenters. The maximum Gasteiger partial charge on any atom is 0.267 e. The van der Waals surface area contributed by atoms with Crippen molar-refractivity contribution >= 4 is 28.7 Å². The normalized spacial score (nSPS) is 14.4. The lowest BCUT2D eigenvalue weighted by Crippen LogP contribution is -2.11. The number of benzene rings is 1. The lowest BCUT2D eigenvalue weighted by atomic mass is 10.1. The van der Waals surface area contributed by atoms with Gasteiger partial charge in [-0.1, -0.05) is 12.2 Å². The summed E-state index contributed by atoms with van der Waals surface area (Å²) in [7, 11) is 0. The fraction of sp³-hybridized carbons (Fsp3) is 0. The summed E-state index contributed by atoms with van der Waals surface area (Å²) in [5.41, 5.74) is 1.07. The molecule has 0 spiro atoms. The van der Waals surface area contributed by atoms with Crippen molar-refractivity contribution in [2.45, 2.75) is 0 Å². The van der Waals surface area contributed by atoms with Crippen LogP contribution in [0.2, 0.25) is 0 Å². The molecule has 0 radical (unpaired) electrons. The van der Waals surface area contributed by atoms with Crippen LogP contribution in [0.1, 0.15) is 5.56 Å². The zero-order valence-corrected chi connectivity index (χ0v) is 6.74. The van der Waals surface area contributed by atoms with E-state index in [0.717, 1.165) is 0 Å². The maximum atomic E-state index is 12.6. The van der Waals surface area contributed by atoms with Crippen LogP contribution < -0.4 is 5.32 Å². The Hall–Kier alpha value is -1.29. The Morgan fingerprint density at radius 1 is 1.42 bits per heavy atom. The van der Waals surface area contributed by atoms with Gasteiger partial charge in [0.2, 0.25) is 0 Å². The molecule has 4 heteroatoms. The van der Waals surface area contributed by atoms with Gasteiger partial charge < -0.3 is 5.32 Å². The van der Waals surface area contributed by atoms with Crippen LogP contribution in [-0.4, -0.2) is 10.8 Å². The number of halogens is 1. The van der Waals surface area contributed by atoms with Gasteiger partial charge >= 0.3 is 0 Å². The molecule has 12 heavy (non-hydrogen) atoms. The van der Waals surface area contributed by atoms with Crippen molar-refractivity contribution < 1.29 is 9.18 Å². The fourth-order valence-electron chi connectivity index (χ4n) is 1.12. The first kappa shape index (κ1) is 7.36. The molecule has 1 heterocycles. The molecule has 0 fully saturated rings. The molecule has 1 aromatic rings. The average molecular weight is 181 g/mol. The third-order valence-corrected chi connectivity index (χ3v) is 2.09. The summed E-state index contributed by atoms with van der Waals surface area (Å²) >= 11 is 4.81. The lowest BCUT2D eigenvalue weighted by molar-refractivity contribution is -0.109. The minimum absolute atomic E-state index is 0.227. The smallest absolute Gasteiger partial charge is 0.267 e. The first-order valence-electron chi connectivity index (χ1n) is 3.34. The number of thiocarbonyl (C=S) groups is 1. The molecule has 0 atom stereocenters. The van der Waals surface area contributed by atoms with Gasteiger partial charge in [-0.3, -0.25) is 4.79 Å². The van der Waals surface area contributed by atoms with Crippen LogP contribution in [0.5, 0.6) is 0 Å². The molecular formula is C8H4FNOS. The summed E-state index contributed by atoms with van der Waals surface area (Å²) in [5.74, 6) is -0.704. The Labute approximate surface area is 73.4 Å². The van der Waals surface area contributed by atoms with E-state index in [9.17, 15) is 9.18 Å². The predicted octanol–water partition coefficient (Wildman–Crippen LogP) is 1.50. The van der Waals surface area contributed by atoms with Gasteiger partial charge in [0.25, 0.3) is 5.91 Å². The summed E-state index contributed by atoms with van der Waals surface area (Å²) in [5, 5.41) is 2.47. The Bertz CT molecular complexity index is 389. The minimum atomic E-state index is -0.376. The van der Waals surface area contributed by atoms with Crippen molar-refractivity contribution in [3.8, 4) is 0 Å². The standard InChI is InChI=1S/C8H4FNOS/c9-4-1-2-5-6(3-4)10-8(11)7(5)12/h1-3H,(H,10,11,12). The third kappa shape index (κ3) is 0.921. The molecule has 1 amide bonds. The minimum Gasteiger partial charge on any atom is -0.321 e. The van der Waals surface area contributed by atoms with Crippen molar-refractivity contribution in [1.29, 1.82) is 0 Å². The van der Waals surface area contributed by atoms with Gasteiger partial charge in [0.15, 0.2) is 0 Å². The number of hydrogen-bond acceptors (Lipinski definition) is 2. The molecule has 0 saturated carbocycles. The zero-order chi connectivity index (χ0) is 8.72. The highest BCUT2D eigenvalue weighted by Crippen LogP contribution is 2.23. The van der Waals surface area contributed by atoms with Crippen LogP contribution in [-0.2, 0) is 4.79 Å². The highest BCUT2D eigenvalue weighted by molar-refractivity contribution is 7.82. The number of anilines is 1. The average Bonchev–Trinajstić information content (AvgIpc) is 2.28. The van der Waals surface area contributed by atoms with Gasteiger partial charge in [0, 0.05) is 5.56 Å². The van der Waals surface area contributed by atoms with Crippen molar-refractivity contribution in [2.24, 2.45) is 0 Å². The lowest BCUT2D eigenvalue weighted by Gasteiger charge is -1.95. The summed E-state index contributed by atoms with van der Waals surface area (Å²) < 4.78 is 12.6. The molecule has 0 aromatic heterocycles. The van der Waals surface area contributed by atoms with Crippen LogP contribution in [0.25, 0.3) is 0 Å². The number of carbonyl (C=O) groups is 1. The molecule has 1 aliphatic heterocycles. The maximum absolute atomic E-state index is 12.6. The molecule has 2 rings (SSSR count). The summed E-state index contributed by atoms with van der Waals surface area (Å²) in [6.45, 7) is 0. The Kier molecular flexibility index (Phi) is 1.44. The molecule has 0 aliphatic carbocycles. The Morgan fingerprint density at radius 2 is 2.17 bits per heavy atom. The predicted molar refractivity (Wildman–Crippen MR) is 46.7 cm³/mol. The number of hydrogen-bond donors (Lipinski definition) is 1. The van der Waals surface area contributed by atoms with Gasteiger partial charge in [0.1, 0.15) is 10.7 Å². The third-order valence-electron chi connectivity index (χ3n) is 1.68. The van der Waals surface area contributed by atoms with E-state index in [-0.39, 0.29) is 16.6 Å². The van der Waals surface area contributed by atoms with E-state index in [1.54, 1.807) is 0 Å². The van der Waals surface area contributed by atoms with Crippen molar-refractivity contribution in [2.75, 3.05) is 5.32 Å². The Morgan fingerprint density at radius 3 is 2.92 bits per heavy atom. The van der Waals surface area contributed by atoms with Crippen molar-refractivity contribution in [3.05, 3.63) is 29.6 Å². The summed E-state index contributed by atoms with van der Waals surface area (Å²) in [6.07, 6.45) is 0. The molecule has 60 valence electrons. The monoisotopic (exact) mass is 181 g/mol. The van der Waals surface area contributed by atoms with Crippen LogP contribution >= 0.6 is 12.2 Å². The molecule has 0 bridgehead atoms. The van der Waals surface area contributed by atoms with Crippen LogP contribution in [0, 0.1) is 5.82 Å². The number of rotatable bonds is 0. The highest BCUT2D eigenvalue weighted by atomic mass is 32.1. The van der Waals surface area contributed by atoms with E-state index in [1.807, 2.05) is 0 Å². The van der Waals surface area contributed by atoms with Crippen molar-refractivity contribution in [3.63, 3.8) is 0 Å². The number of carbonyl (C=O) groups excluding carboxylic acids is 1. The number of fused-ring (bicyclic) bond motifs is 1. The van der Waals surface area contributed by atoms with E-state index in [1.165, 1.54) is 18.2 Å². The van der Waals surface area contributed by atoms with Crippen molar-refractivity contribution in [1.82, 2.24) is 0 Å². The topological polar surface area (TPSA) is 29.1 Å². The highest BCUT2D eigenvalue weighted by Gasteiger charge is 2.23. The second-order valence-electron chi connectivity index (χ2n) is 2.47. The van der Waals surface area contributed by atoms with E-state index in [0.29, 0.717) is 11.3 Å². The van der Waals surface area contributed by atoms with Gasteiger partial charge in [-0.05, 0) is 18.2 Å². The zero-order valence-electron chi connectivity index (χ0n) is 5.93. The molecule has 1 aliphatic rings. The molecule has 2 nitrogen and oxygen atoms in total. The van der Waals surface area contributed by atoms with Gasteiger partial charge in [-0.15, -0.1) is 0 Å². The van der Waals surface area contributed by atoms with E-state index in [4.69, 9.17) is 12.2 Å². The fourth-order valence-corrected chi connectivity index (χ4v) is 1.35. The summed E-state index contributed by atoms with van der Waals surface area (Å²) in [4.78, 5) is 11.2. The Balaban J connectivity index is 2.62. The first-order valence-corrected chi connectivity index (χ1v) is 3.74. The van der Waals surface area contributed by atoms with Crippen LogP contribution in [0.4, 0.5) is 10.1 Å². The second kappa shape index (κ2) is 2.35. The van der Waals surface area contributed by atoms with Gasteiger partial charge in [-0.2, -0.15) is 0 Å². The van der Waals surface area contributed by atoms with Crippen LogP contribution in [0.15, 0.2) is 18.2 Å². The van der Waals surface area contributed by atoms with Gasteiger partial charge in [-0.25, -0.2) is 4.39 Å². The van der Waals surface area contributed by atoms with Crippen LogP contribution in [0.3, 0.4) is 0 Å².